The van der Waals surface area contributed by atoms with Crippen LogP contribution in [0.5, 0.6) is 0 Å². The number of halogens is 2. The molecule has 1 heterocycles. The van der Waals surface area contributed by atoms with Gasteiger partial charge >= 0.3 is 0 Å². The monoisotopic (exact) mass is 310 g/mol. The Morgan fingerprint density at radius 1 is 1.44 bits per heavy atom. The molecule has 0 radical (unpaired) electrons. The largest absolute Gasteiger partial charge is 0.294 e. The van der Waals surface area contributed by atoms with Gasteiger partial charge in [-0.3, -0.25) is 9.48 Å². The van der Waals surface area contributed by atoms with Crippen LogP contribution in [-0.4, -0.2) is 15.6 Å². The molecule has 0 aliphatic rings. The Morgan fingerprint density at radius 3 is 2.72 bits per heavy atom. The average Bonchev–Trinajstić information content (AvgIpc) is 2.57. The molecule has 94 valence electrons. The minimum absolute atomic E-state index is 0.108. The number of carbonyl (C=O) groups excluding carboxylic acids is 1. The molecule has 18 heavy (non-hydrogen) atoms. The van der Waals surface area contributed by atoms with Crippen molar-refractivity contribution in [2.45, 2.75) is 13.3 Å². The first-order chi connectivity index (χ1) is 8.47. The summed E-state index contributed by atoms with van der Waals surface area (Å²) in [5, 5.41) is 4.16. The van der Waals surface area contributed by atoms with Crippen LogP contribution < -0.4 is 0 Å². The molecule has 0 atom stereocenters. The molecule has 0 saturated heterocycles. The highest BCUT2D eigenvalue weighted by Gasteiger charge is 2.14. The third-order valence-corrected chi connectivity index (χ3v) is 3.17. The summed E-state index contributed by atoms with van der Waals surface area (Å²) in [5.41, 5.74) is 1.73. The van der Waals surface area contributed by atoms with Gasteiger partial charge in [0, 0.05) is 17.2 Å². The van der Waals surface area contributed by atoms with Crippen LogP contribution in [0.3, 0.4) is 0 Å². The van der Waals surface area contributed by atoms with Crippen LogP contribution in [0.15, 0.2) is 28.7 Å². The lowest BCUT2D eigenvalue weighted by atomic mass is 10.1. The zero-order valence-electron chi connectivity index (χ0n) is 10.1. The van der Waals surface area contributed by atoms with Gasteiger partial charge in [0.25, 0.3) is 0 Å². The van der Waals surface area contributed by atoms with Crippen molar-refractivity contribution in [2.24, 2.45) is 7.05 Å². The maximum absolute atomic E-state index is 13.6. The second-order valence-corrected chi connectivity index (χ2v) is 5.04. The normalized spacial score (nSPS) is 10.7. The molecule has 2 aromatic rings. The third-order valence-electron chi connectivity index (χ3n) is 2.67. The number of hydrogen-bond acceptors (Lipinski definition) is 2. The van der Waals surface area contributed by atoms with E-state index in [1.54, 1.807) is 17.8 Å². The molecular formula is C13H12BrFN2O. The van der Waals surface area contributed by atoms with E-state index in [2.05, 4.69) is 21.0 Å². The zero-order valence-corrected chi connectivity index (χ0v) is 11.7. The van der Waals surface area contributed by atoms with Gasteiger partial charge in [0.2, 0.25) is 0 Å². The maximum Gasteiger partial charge on any atom is 0.171 e. The molecule has 0 unspecified atom stereocenters. The number of rotatable bonds is 3. The van der Waals surface area contributed by atoms with E-state index in [1.165, 1.54) is 12.1 Å². The van der Waals surface area contributed by atoms with E-state index in [9.17, 15) is 9.18 Å². The summed E-state index contributed by atoms with van der Waals surface area (Å²) in [4.78, 5) is 12.0. The molecule has 2 rings (SSSR count). The van der Waals surface area contributed by atoms with Crippen molar-refractivity contribution in [3.63, 3.8) is 0 Å². The van der Waals surface area contributed by atoms with Crippen molar-refractivity contribution in [1.82, 2.24) is 9.78 Å². The summed E-state index contributed by atoms with van der Waals surface area (Å²) in [6.45, 7) is 1.86. The van der Waals surface area contributed by atoms with E-state index in [-0.39, 0.29) is 17.8 Å². The predicted octanol–water partition coefficient (Wildman–Crippen LogP) is 3.06. The first kappa shape index (κ1) is 13.0. The topological polar surface area (TPSA) is 34.9 Å². The molecule has 1 aromatic heterocycles. The van der Waals surface area contributed by atoms with E-state index < -0.39 is 5.82 Å². The first-order valence-electron chi connectivity index (χ1n) is 5.45. The van der Waals surface area contributed by atoms with Crippen molar-refractivity contribution in [1.29, 1.82) is 0 Å². The van der Waals surface area contributed by atoms with Crippen LogP contribution in [0.4, 0.5) is 4.39 Å². The highest BCUT2D eigenvalue weighted by Crippen LogP contribution is 2.17. The number of hydrogen-bond donors (Lipinski definition) is 0. The Labute approximate surface area is 113 Å². The quantitative estimate of drug-likeness (QED) is 0.817. The highest BCUT2D eigenvalue weighted by molar-refractivity contribution is 9.10. The summed E-state index contributed by atoms with van der Waals surface area (Å²) < 4.78 is 15.9. The van der Waals surface area contributed by atoms with Gasteiger partial charge in [-0.1, -0.05) is 15.9 Å². The molecule has 3 nitrogen and oxygen atoms in total. The van der Waals surface area contributed by atoms with Crippen molar-refractivity contribution in [2.75, 3.05) is 0 Å². The number of nitrogens with zero attached hydrogens (tertiary/aromatic N) is 2. The number of aromatic nitrogens is 2. The molecule has 0 fully saturated rings. The Balaban J connectivity index is 2.24. The van der Waals surface area contributed by atoms with E-state index >= 15 is 0 Å². The van der Waals surface area contributed by atoms with Gasteiger partial charge < -0.3 is 0 Å². The third kappa shape index (κ3) is 2.67. The summed E-state index contributed by atoms with van der Waals surface area (Å²) >= 11 is 3.16. The number of carbonyl (C=O) groups is 1. The van der Waals surface area contributed by atoms with Gasteiger partial charge in [-0.05, 0) is 31.2 Å². The predicted molar refractivity (Wildman–Crippen MR) is 70.1 cm³/mol. The molecule has 5 heteroatoms. The van der Waals surface area contributed by atoms with E-state index in [0.29, 0.717) is 4.47 Å². The van der Waals surface area contributed by atoms with Gasteiger partial charge in [0.1, 0.15) is 5.82 Å². The van der Waals surface area contributed by atoms with E-state index in [4.69, 9.17) is 0 Å². The Bertz CT molecular complexity index is 607. The van der Waals surface area contributed by atoms with E-state index in [1.807, 2.05) is 13.0 Å². The first-order valence-corrected chi connectivity index (χ1v) is 6.24. The highest BCUT2D eigenvalue weighted by atomic mass is 79.9. The molecular weight excluding hydrogens is 299 g/mol. The summed E-state index contributed by atoms with van der Waals surface area (Å²) in [6, 6.07) is 6.27. The minimum atomic E-state index is -0.506. The lowest BCUT2D eigenvalue weighted by molar-refractivity contribution is 0.0987. The van der Waals surface area contributed by atoms with Gasteiger partial charge in [-0.15, -0.1) is 0 Å². The van der Waals surface area contributed by atoms with Crippen LogP contribution in [0.25, 0.3) is 0 Å². The van der Waals surface area contributed by atoms with Gasteiger partial charge in [0.15, 0.2) is 5.78 Å². The second kappa shape index (κ2) is 5.02. The molecule has 0 aliphatic heterocycles. The van der Waals surface area contributed by atoms with Crippen molar-refractivity contribution >= 4 is 21.7 Å². The standard InChI is InChI=1S/C13H12BrFN2O/c1-8-5-10(17(2)16-8)7-13(18)11-4-3-9(14)6-12(11)15/h3-6H,7H2,1-2H3. The Kier molecular flexibility index (Phi) is 3.61. The molecule has 0 saturated carbocycles. The molecule has 0 N–H and O–H groups in total. The average molecular weight is 311 g/mol. The lowest BCUT2D eigenvalue weighted by Gasteiger charge is -2.03. The maximum atomic E-state index is 13.6. The van der Waals surface area contributed by atoms with Crippen LogP contribution >= 0.6 is 15.9 Å². The lowest BCUT2D eigenvalue weighted by Crippen LogP contribution is -2.09. The van der Waals surface area contributed by atoms with Crippen LogP contribution in [0.1, 0.15) is 21.7 Å². The van der Waals surface area contributed by atoms with Crippen molar-refractivity contribution in [3.8, 4) is 0 Å². The number of ketones is 1. The SMILES string of the molecule is Cc1cc(CC(=O)c2ccc(Br)cc2F)n(C)n1. The van der Waals surface area contributed by atoms with Crippen LogP contribution in [-0.2, 0) is 13.5 Å². The smallest absolute Gasteiger partial charge is 0.171 e. The van der Waals surface area contributed by atoms with Gasteiger partial charge in [0.05, 0.1) is 17.7 Å². The molecule has 1 aromatic carbocycles. The van der Waals surface area contributed by atoms with E-state index in [0.717, 1.165) is 11.4 Å². The van der Waals surface area contributed by atoms with Crippen LogP contribution in [0.2, 0.25) is 0 Å². The fraction of sp³-hybridized carbons (Fsp3) is 0.231. The van der Waals surface area contributed by atoms with Gasteiger partial charge in [-0.25, -0.2) is 4.39 Å². The zero-order chi connectivity index (χ0) is 13.3. The molecule has 0 bridgehead atoms. The molecule has 0 spiro atoms. The van der Waals surface area contributed by atoms with Crippen molar-refractivity contribution < 1.29 is 9.18 Å². The summed E-state index contributed by atoms with van der Waals surface area (Å²) in [5.74, 6) is -0.753. The summed E-state index contributed by atoms with van der Waals surface area (Å²) in [6.07, 6.45) is 0.149. The van der Waals surface area contributed by atoms with Gasteiger partial charge in [-0.2, -0.15) is 5.10 Å². The Hall–Kier alpha value is -1.49. The fourth-order valence-corrected chi connectivity index (χ4v) is 2.14. The summed E-state index contributed by atoms with van der Waals surface area (Å²) in [7, 11) is 1.77. The van der Waals surface area contributed by atoms with Crippen LogP contribution in [0, 0.1) is 12.7 Å². The molecule has 0 amide bonds. The second-order valence-electron chi connectivity index (χ2n) is 4.12. The number of aryl methyl sites for hydroxylation is 2. The number of Topliss-reactive ketones (excluding diaryl/α,β-unsaturated/α-hetero) is 1. The fourth-order valence-electron chi connectivity index (χ4n) is 1.81. The Morgan fingerprint density at radius 2 is 2.17 bits per heavy atom. The van der Waals surface area contributed by atoms with Crippen molar-refractivity contribution in [3.05, 3.63) is 51.5 Å². The number of benzene rings is 1. The molecule has 0 aliphatic carbocycles. The minimum Gasteiger partial charge on any atom is -0.294 e.